The highest BCUT2D eigenvalue weighted by Gasteiger charge is 2.51. The summed E-state index contributed by atoms with van der Waals surface area (Å²) in [4.78, 5) is 19.6. The molecule has 4 aliphatic rings. The molecule has 29 heavy (non-hydrogen) atoms. The molecule has 4 fully saturated rings. The Kier molecular flexibility index (Phi) is 6.92. The van der Waals surface area contributed by atoms with Crippen molar-refractivity contribution in [2.24, 2.45) is 23.2 Å². The SMILES string of the molecule is CCCCCN(CC12CC3CC(CC(C3)C1)C2)C(=O)CCCCc1ccncc1. The van der Waals surface area contributed by atoms with E-state index in [1.165, 1.54) is 63.4 Å². The standard InChI is InChI=1S/C26H40N2O/c1-2-3-6-13-28(25(29)8-5-4-7-21-9-11-27-12-10-21)20-26-17-22-14-23(18-26)16-24(15-22)19-26/h9-12,22-24H,2-8,13-20H2,1H3. The van der Waals surface area contributed by atoms with E-state index in [9.17, 15) is 4.79 Å². The van der Waals surface area contributed by atoms with E-state index in [1.54, 1.807) is 0 Å². The Balaban J connectivity index is 1.30. The minimum Gasteiger partial charge on any atom is -0.342 e. The predicted octanol–water partition coefficient (Wildman–Crippen LogP) is 6.03. The van der Waals surface area contributed by atoms with Gasteiger partial charge in [0.25, 0.3) is 0 Å². The summed E-state index contributed by atoms with van der Waals surface area (Å²) in [6.07, 6.45) is 19.9. The maximum atomic E-state index is 13.2. The minimum atomic E-state index is 0.423. The lowest BCUT2D eigenvalue weighted by Crippen LogP contribution is -2.52. The van der Waals surface area contributed by atoms with E-state index in [-0.39, 0.29) is 0 Å². The summed E-state index contributed by atoms with van der Waals surface area (Å²) >= 11 is 0. The number of unbranched alkanes of at least 4 members (excludes halogenated alkanes) is 3. The molecule has 1 amide bonds. The topological polar surface area (TPSA) is 33.2 Å². The van der Waals surface area contributed by atoms with Gasteiger partial charge in [-0.1, -0.05) is 19.8 Å². The van der Waals surface area contributed by atoms with Gasteiger partial charge in [-0.15, -0.1) is 0 Å². The molecule has 0 unspecified atom stereocenters. The fourth-order valence-corrected chi connectivity index (χ4v) is 7.05. The molecule has 3 nitrogen and oxygen atoms in total. The van der Waals surface area contributed by atoms with Gasteiger partial charge in [0.15, 0.2) is 0 Å². The van der Waals surface area contributed by atoms with Gasteiger partial charge in [-0.05, 0) is 105 Å². The van der Waals surface area contributed by atoms with E-state index in [1.807, 2.05) is 12.4 Å². The molecule has 4 saturated carbocycles. The van der Waals surface area contributed by atoms with Crippen LogP contribution in [0.3, 0.4) is 0 Å². The lowest BCUT2D eigenvalue weighted by molar-refractivity contribution is -0.137. The van der Waals surface area contributed by atoms with Gasteiger partial charge in [-0.3, -0.25) is 9.78 Å². The summed E-state index contributed by atoms with van der Waals surface area (Å²) < 4.78 is 0. The second-order valence-electron chi connectivity index (χ2n) is 10.5. The Bertz CT molecular complexity index is 621. The molecule has 0 N–H and O–H groups in total. The van der Waals surface area contributed by atoms with Crippen LogP contribution < -0.4 is 0 Å². The first kappa shape index (κ1) is 20.9. The maximum Gasteiger partial charge on any atom is 0.222 e. The van der Waals surface area contributed by atoms with E-state index in [0.717, 1.165) is 56.5 Å². The van der Waals surface area contributed by atoms with Crippen LogP contribution >= 0.6 is 0 Å². The average molecular weight is 397 g/mol. The van der Waals surface area contributed by atoms with Crippen LogP contribution in [0.15, 0.2) is 24.5 Å². The summed E-state index contributed by atoms with van der Waals surface area (Å²) in [6.45, 7) is 4.30. The van der Waals surface area contributed by atoms with Crippen molar-refractivity contribution in [1.82, 2.24) is 9.88 Å². The molecule has 0 spiro atoms. The van der Waals surface area contributed by atoms with Crippen molar-refractivity contribution in [3.63, 3.8) is 0 Å². The number of carbonyl (C=O) groups excluding carboxylic acids is 1. The minimum absolute atomic E-state index is 0.423. The van der Waals surface area contributed by atoms with Crippen LogP contribution in [0.1, 0.15) is 89.5 Å². The van der Waals surface area contributed by atoms with Crippen LogP contribution in [0.4, 0.5) is 0 Å². The predicted molar refractivity (Wildman–Crippen MR) is 119 cm³/mol. The van der Waals surface area contributed by atoms with Crippen molar-refractivity contribution in [3.8, 4) is 0 Å². The van der Waals surface area contributed by atoms with Crippen LogP contribution in [-0.4, -0.2) is 28.9 Å². The molecule has 4 bridgehead atoms. The second-order valence-corrected chi connectivity index (χ2v) is 10.5. The largest absolute Gasteiger partial charge is 0.342 e. The molecule has 3 heteroatoms. The number of amides is 1. The van der Waals surface area contributed by atoms with Gasteiger partial charge in [0, 0.05) is 31.9 Å². The summed E-state index contributed by atoms with van der Waals surface area (Å²) in [5, 5.41) is 0. The zero-order valence-corrected chi connectivity index (χ0v) is 18.5. The van der Waals surface area contributed by atoms with Gasteiger partial charge in [0.05, 0.1) is 0 Å². The lowest BCUT2D eigenvalue weighted by Gasteiger charge is -2.58. The van der Waals surface area contributed by atoms with Crippen molar-refractivity contribution in [3.05, 3.63) is 30.1 Å². The number of hydrogen-bond acceptors (Lipinski definition) is 2. The van der Waals surface area contributed by atoms with Crippen molar-refractivity contribution in [2.45, 2.75) is 90.4 Å². The maximum absolute atomic E-state index is 13.2. The Labute approximate surface area is 177 Å². The third-order valence-corrected chi connectivity index (χ3v) is 7.93. The Morgan fingerprint density at radius 1 is 1.00 bits per heavy atom. The van der Waals surface area contributed by atoms with Gasteiger partial charge in [-0.25, -0.2) is 0 Å². The summed E-state index contributed by atoms with van der Waals surface area (Å²) in [6, 6.07) is 4.18. The first-order valence-electron chi connectivity index (χ1n) is 12.3. The van der Waals surface area contributed by atoms with Crippen LogP contribution in [0.5, 0.6) is 0 Å². The summed E-state index contributed by atoms with van der Waals surface area (Å²) in [5.74, 6) is 3.32. The second kappa shape index (κ2) is 9.62. The van der Waals surface area contributed by atoms with Crippen molar-refractivity contribution >= 4 is 5.91 Å². The zero-order chi connectivity index (χ0) is 20.1. The number of nitrogens with zero attached hydrogens (tertiary/aromatic N) is 2. The molecular formula is C26H40N2O. The van der Waals surface area contributed by atoms with Crippen molar-refractivity contribution < 1.29 is 4.79 Å². The van der Waals surface area contributed by atoms with Crippen molar-refractivity contribution in [1.29, 1.82) is 0 Å². The number of aryl methyl sites for hydroxylation is 1. The number of aromatic nitrogens is 1. The first-order chi connectivity index (χ1) is 14.2. The number of carbonyl (C=O) groups is 1. The molecule has 160 valence electrons. The fourth-order valence-electron chi connectivity index (χ4n) is 7.05. The van der Waals surface area contributed by atoms with Crippen molar-refractivity contribution in [2.75, 3.05) is 13.1 Å². The van der Waals surface area contributed by atoms with Crippen LogP contribution in [0.2, 0.25) is 0 Å². The van der Waals surface area contributed by atoms with Gasteiger partial charge < -0.3 is 4.90 Å². The van der Waals surface area contributed by atoms with E-state index in [4.69, 9.17) is 0 Å². The molecule has 0 aliphatic heterocycles. The highest BCUT2D eigenvalue weighted by Crippen LogP contribution is 2.60. The fraction of sp³-hybridized carbons (Fsp3) is 0.769. The zero-order valence-electron chi connectivity index (χ0n) is 18.5. The highest BCUT2D eigenvalue weighted by atomic mass is 16.2. The summed E-state index contributed by atoms with van der Waals surface area (Å²) in [5.41, 5.74) is 1.80. The molecule has 0 radical (unpaired) electrons. The van der Waals surface area contributed by atoms with E-state index in [0.29, 0.717) is 11.3 Å². The van der Waals surface area contributed by atoms with E-state index >= 15 is 0 Å². The van der Waals surface area contributed by atoms with Crippen LogP contribution in [0, 0.1) is 23.2 Å². The van der Waals surface area contributed by atoms with E-state index in [2.05, 4.69) is 28.9 Å². The number of rotatable bonds is 11. The molecule has 0 atom stereocenters. The molecule has 1 aromatic heterocycles. The quantitative estimate of drug-likeness (QED) is 0.428. The molecule has 1 aromatic rings. The Morgan fingerprint density at radius 2 is 1.66 bits per heavy atom. The molecule has 5 rings (SSSR count). The Hall–Kier alpha value is -1.38. The molecular weight excluding hydrogens is 356 g/mol. The van der Waals surface area contributed by atoms with Gasteiger partial charge >= 0.3 is 0 Å². The molecule has 0 saturated heterocycles. The third kappa shape index (κ3) is 5.41. The highest BCUT2D eigenvalue weighted by molar-refractivity contribution is 5.76. The monoisotopic (exact) mass is 396 g/mol. The van der Waals surface area contributed by atoms with Crippen LogP contribution in [-0.2, 0) is 11.2 Å². The third-order valence-electron chi connectivity index (χ3n) is 7.93. The lowest BCUT2D eigenvalue weighted by atomic mass is 9.49. The normalized spacial score (nSPS) is 29.9. The Morgan fingerprint density at radius 3 is 2.28 bits per heavy atom. The first-order valence-corrected chi connectivity index (χ1v) is 12.3. The molecule has 4 aliphatic carbocycles. The molecule has 0 aromatic carbocycles. The smallest absolute Gasteiger partial charge is 0.222 e. The summed E-state index contributed by atoms with van der Waals surface area (Å²) in [7, 11) is 0. The number of pyridine rings is 1. The van der Waals surface area contributed by atoms with Gasteiger partial charge in [0.2, 0.25) is 5.91 Å². The molecule has 1 heterocycles. The van der Waals surface area contributed by atoms with Crippen LogP contribution in [0.25, 0.3) is 0 Å². The number of hydrogen-bond donors (Lipinski definition) is 0. The average Bonchev–Trinajstić information content (AvgIpc) is 2.70. The van der Waals surface area contributed by atoms with E-state index < -0.39 is 0 Å². The van der Waals surface area contributed by atoms with Gasteiger partial charge in [-0.2, -0.15) is 0 Å². The van der Waals surface area contributed by atoms with Gasteiger partial charge in [0.1, 0.15) is 0 Å².